The van der Waals surface area contributed by atoms with Crippen LogP contribution in [0, 0.1) is 0 Å². The summed E-state index contributed by atoms with van der Waals surface area (Å²) in [7, 11) is 0. The summed E-state index contributed by atoms with van der Waals surface area (Å²) in [5.74, 6) is -0.0497. The highest BCUT2D eigenvalue weighted by Gasteiger charge is 2.05. The lowest BCUT2D eigenvalue weighted by Crippen LogP contribution is -2.25. The maximum atomic E-state index is 11.7. The van der Waals surface area contributed by atoms with E-state index in [4.69, 9.17) is 23.2 Å². The van der Waals surface area contributed by atoms with Gasteiger partial charge in [-0.15, -0.1) is 0 Å². The van der Waals surface area contributed by atoms with Gasteiger partial charge in [0.1, 0.15) is 0 Å². The number of carbonyl (C=O) groups excluding carboxylic acids is 1. The third-order valence-electron chi connectivity index (χ3n) is 2.81. The molecule has 0 fully saturated rings. The van der Waals surface area contributed by atoms with Gasteiger partial charge in [-0.05, 0) is 24.3 Å². The van der Waals surface area contributed by atoms with Crippen molar-refractivity contribution in [2.75, 3.05) is 11.9 Å². The molecule has 2 rings (SSSR count). The monoisotopic (exact) mass is 323 g/mol. The van der Waals surface area contributed by atoms with Gasteiger partial charge in [-0.3, -0.25) is 9.78 Å². The van der Waals surface area contributed by atoms with Gasteiger partial charge in [0.05, 0.1) is 28.0 Å². The molecular weight excluding hydrogens is 309 g/mol. The molecule has 21 heavy (non-hydrogen) atoms. The Labute approximate surface area is 133 Å². The first-order valence-electron chi connectivity index (χ1n) is 6.51. The number of anilines is 1. The highest BCUT2D eigenvalue weighted by Crippen LogP contribution is 2.29. The second-order valence-corrected chi connectivity index (χ2v) is 5.16. The Morgan fingerprint density at radius 2 is 2.00 bits per heavy atom. The lowest BCUT2D eigenvalue weighted by molar-refractivity contribution is -0.121. The maximum Gasteiger partial charge on any atom is 0.222 e. The van der Waals surface area contributed by atoms with E-state index in [1.807, 2.05) is 24.3 Å². The fourth-order valence-electron chi connectivity index (χ4n) is 1.73. The van der Waals surface area contributed by atoms with Crippen LogP contribution in [0.1, 0.15) is 12.1 Å². The molecule has 4 nitrogen and oxygen atoms in total. The molecule has 110 valence electrons. The Bertz CT molecular complexity index is 605. The van der Waals surface area contributed by atoms with Crippen molar-refractivity contribution >= 4 is 34.8 Å². The van der Waals surface area contributed by atoms with E-state index in [1.54, 1.807) is 18.3 Å². The number of nitrogens with zero attached hydrogens (tertiary/aromatic N) is 1. The van der Waals surface area contributed by atoms with Crippen molar-refractivity contribution in [3.63, 3.8) is 0 Å². The summed E-state index contributed by atoms with van der Waals surface area (Å²) in [6.07, 6.45) is 2.04. The zero-order chi connectivity index (χ0) is 15.1. The van der Waals surface area contributed by atoms with Gasteiger partial charge in [0.25, 0.3) is 0 Å². The van der Waals surface area contributed by atoms with E-state index in [0.29, 0.717) is 29.6 Å². The summed E-state index contributed by atoms with van der Waals surface area (Å²) < 4.78 is 0. The molecule has 2 N–H and O–H groups in total. The number of aromatic nitrogens is 1. The average molecular weight is 324 g/mol. The molecule has 0 unspecified atom stereocenters. The Morgan fingerprint density at radius 1 is 1.14 bits per heavy atom. The molecular formula is C15H15Cl2N3O. The lowest BCUT2D eigenvalue weighted by Gasteiger charge is -2.09. The van der Waals surface area contributed by atoms with E-state index in [0.717, 1.165) is 11.4 Å². The van der Waals surface area contributed by atoms with E-state index in [9.17, 15) is 4.79 Å². The number of rotatable bonds is 6. The highest BCUT2D eigenvalue weighted by molar-refractivity contribution is 6.43. The minimum absolute atomic E-state index is 0.0497. The Morgan fingerprint density at radius 3 is 2.76 bits per heavy atom. The number of amides is 1. The van der Waals surface area contributed by atoms with Crippen LogP contribution in [0.3, 0.4) is 0 Å². The van der Waals surface area contributed by atoms with Crippen molar-refractivity contribution in [3.05, 3.63) is 58.3 Å². The van der Waals surface area contributed by atoms with E-state index in [-0.39, 0.29) is 5.91 Å². The van der Waals surface area contributed by atoms with E-state index in [2.05, 4.69) is 15.6 Å². The minimum atomic E-state index is -0.0497. The molecule has 0 saturated heterocycles. The number of hydrogen-bond acceptors (Lipinski definition) is 3. The fourth-order valence-corrected chi connectivity index (χ4v) is 2.10. The molecule has 1 amide bonds. The smallest absolute Gasteiger partial charge is 0.222 e. The van der Waals surface area contributed by atoms with Crippen LogP contribution in [-0.4, -0.2) is 17.4 Å². The Hall–Kier alpha value is -1.78. The van der Waals surface area contributed by atoms with Crippen molar-refractivity contribution in [2.45, 2.75) is 13.0 Å². The molecule has 6 heteroatoms. The fraction of sp³-hybridized carbons (Fsp3) is 0.200. The largest absolute Gasteiger partial charge is 0.383 e. The molecule has 0 saturated carbocycles. The van der Waals surface area contributed by atoms with Crippen molar-refractivity contribution in [3.8, 4) is 0 Å². The first-order chi connectivity index (χ1) is 10.2. The van der Waals surface area contributed by atoms with Crippen molar-refractivity contribution in [1.82, 2.24) is 10.3 Å². The normalized spacial score (nSPS) is 10.2. The van der Waals surface area contributed by atoms with Gasteiger partial charge in [-0.1, -0.05) is 35.3 Å². The number of carbonyl (C=O) groups is 1. The topological polar surface area (TPSA) is 54.0 Å². The molecule has 1 aromatic carbocycles. The predicted octanol–water partition coefficient (Wildman–Crippen LogP) is 3.51. The van der Waals surface area contributed by atoms with E-state index < -0.39 is 0 Å². The predicted molar refractivity (Wildman–Crippen MR) is 85.7 cm³/mol. The summed E-state index contributed by atoms with van der Waals surface area (Å²) >= 11 is 12.0. The summed E-state index contributed by atoms with van der Waals surface area (Å²) in [5, 5.41) is 6.85. The van der Waals surface area contributed by atoms with Crippen LogP contribution in [0.15, 0.2) is 42.6 Å². The zero-order valence-electron chi connectivity index (χ0n) is 11.3. The van der Waals surface area contributed by atoms with Crippen LogP contribution < -0.4 is 10.6 Å². The number of benzene rings is 1. The molecule has 0 aliphatic heterocycles. The number of nitrogens with one attached hydrogen (secondary N) is 2. The van der Waals surface area contributed by atoms with Gasteiger partial charge in [0.2, 0.25) is 5.91 Å². The van der Waals surface area contributed by atoms with Gasteiger partial charge in [0.15, 0.2) is 0 Å². The second kappa shape index (κ2) is 7.86. The van der Waals surface area contributed by atoms with Crippen LogP contribution in [0.4, 0.5) is 5.69 Å². The quantitative estimate of drug-likeness (QED) is 0.855. The average Bonchev–Trinajstić information content (AvgIpc) is 2.50. The van der Waals surface area contributed by atoms with Crippen molar-refractivity contribution in [1.29, 1.82) is 0 Å². The van der Waals surface area contributed by atoms with Gasteiger partial charge >= 0.3 is 0 Å². The third kappa shape index (κ3) is 4.92. The Balaban J connectivity index is 1.73. The molecule has 2 aromatic rings. The van der Waals surface area contributed by atoms with Crippen molar-refractivity contribution in [2.24, 2.45) is 0 Å². The summed E-state index contributed by atoms with van der Waals surface area (Å²) in [4.78, 5) is 15.9. The SMILES string of the molecule is O=C(CCNc1cccc(Cl)c1Cl)NCc1ccccn1. The van der Waals surface area contributed by atoms with Gasteiger partial charge in [0, 0.05) is 19.2 Å². The zero-order valence-corrected chi connectivity index (χ0v) is 12.8. The first kappa shape index (κ1) is 15.6. The number of pyridine rings is 1. The number of hydrogen-bond donors (Lipinski definition) is 2. The van der Waals surface area contributed by atoms with Crippen LogP contribution in [0.5, 0.6) is 0 Å². The summed E-state index contributed by atoms with van der Waals surface area (Å²) in [5.41, 5.74) is 1.55. The van der Waals surface area contributed by atoms with Crippen LogP contribution >= 0.6 is 23.2 Å². The van der Waals surface area contributed by atoms with E-state index >= 15 is 0 Å². The van der Waals surface area contributed by atoms with Crippen molar-refractivity contribution < 1.29 is 4.79 Å². The first-order valence-corrected chi connectivity index (χ1v) is 7.27. The molecule has 1 heterocycles. The summed E-state index contributed by atoms with van der Waals surface area (Å²) in [6.45, 7) is 0.908. The molecule has 0 spiro atoms. The highest BCUT2D eigenvalue weighted by atomic mass is 35.5. The molecule has 1 aromatic heterocycles. The van der Waals surface area contributed by atoms with E-state index in [1.165, 1.54) is 0 Å². The number of halogens is 2. The molecule has 0 radical (unpaired) electrons. The van der Waals surface area contributed by atoms with Gasteiger partial charge in [-0.2, -0.15) is 0 Å². The van der Waals surface area contributed by atoms with Gasteiger partial charge < -0.3 is 10.6 Å². The van der Waals surface area contributed by atoms with Crippen LogP contribution in [0.25, 0.3) is 0 Å². The van der Waals surface area contributed by atoms with Crippen LogP contribution in [-0.2, 0) is 11.3 Å². The second-order valence-electron chi connectivity index (χ2n) is 4.38. The molecule has 0 aliphatic rings. The minimum Gasteiger partial charge on any atom is -0.383 e. The molecule has 0 atom stereocenters. The van der Waals surface area contributed by atoms with Crippen LogP contribution in [0.2, 0.25) is 10.0 Å². The third-order valence-corrected chi connectivity index (χ3v) is 3.63. The lowest BCUT2D eigenvalue weighted by atomic mass is 10.3. The molecule has 0 bridgehead atoms. The molecule has 0 aliphatic carbocycles. The standard InChI is InChI=1S/C15H15Cl2N3O/c16-12-5-3-6-13(15(12)17)19-9-7-14(21)20-10-11-4-1-2-8-18-11/h1-6,8,19H,7,9-10H2,(H,20,21). The Kier molecular flexibility index (Phi) is 5.84. The maximum absolute atomic E-state index is 11.7. The van der Waals surface area contributed by atoms with Gasteiger partial charge in [-0.25, -0.2) is 0 Å². The summed E-state index contributed by atoms with van der Waals surface area (Å²) in [6, 6.07) is 10.9.